The molecule has 0 heterocycles. The third-order valence-corrected chi connectivity index (χ3v) is 5.65. The number of allylic oxidation sites excluding steroid dienone is 1. The van der Waals surface area contributed by atoms with Gasteiger partial charge in [-0.1, -0.05) is 19.9 Å². The minimum atomic E-state index is -1.32. The Bertz CT molecular complexity index is 587. The van der Waals surface area contributed by atoms with Gasteiger partial charge < -0.3 is 21.3 Å². The third kappa shape index (κ3) is 7.35. The van der Waals surface area contributed by atoms with E-state index in [0.29, 0.717) is 25.0 Å². The number of rotatable bonds is 11. The summed E-state index contributed by atoms with van der Waals surface area (Å²) in [5.74, 6) is -2.60. The van der Waals surface area contributed by atoms with Crippen molar-refractivity contribution < 1.29 is 28.8 Å². The number of amides is 1. The van der Waals surface area contributed by atoms with Gasteiger partial charge in [0.2, 0.25) is 5.91 Å². The number of nitrogens with two attached hydrogens (primary N) is 1. The molecule has 0 radical (unpaired) electrons. The maximum absolute atomic E-state index is 12.0. The fourth-order valence-corrected chi connectivity index (χ4v) is 3.57. The second-order valence-corrected chi connectivity index (χ2v) is 8.53. The van der Waals surface area contributed by atoms with E-state index < -0.39 is 28.8 Å². The molecule has 5 N–H and O–H groups in total. The Morgan fingerprint density at radius 3 is 2.40 bits per heavy atom. The summed E-state index contributed by atoms with van der Waals surface area (Å²) in [5.41, 5.74) is 5.10. The van der Waals surface area contributed by atoms with Crippen molar-refractivity contribution in [1.82, 2.24) is 5.32 Å². The molecule has 1 fully saturated rings. The molecule has 0 aromatic carbocycles. The lowest BCUT2D eigenvalue weighted by Gasteiger charge is -2.08. The summed E-state index contributed by atoms with van der Waals surface area (Å²) in [6.45, 7) is 3.91. The van der Waals surface area contributed by atoms with Gasteiger partial charge in [0.25, 0.3) is 0 Å². The number of carbonyl (C=O) groups is 3. The Labute approximate surface area is 149 Å². The van der Waals surface area contributed by atoms with Crippen molar-refractivity contribution in [1.29, 1.82) is 0 Å². The van der Waals surface area contributed by atoms with Gasteiger partial charge in [0.15, 0.2) is 0 Å². The highest BCUT2D eigenvalue weighted by atomic mass is 32.2. The van der Waals surface area contributed by atoms with Crippen LogP contribution in [0, 0.1) is 11.3 Å². The molecule has 0 aromatic heterocycles. The van der Waals surface area contributed by atoms with Gasteiger partial charge in [0.05, 0.1) is 0 Å². The zero-order valence-corrected chi connectivity index (χ0v) is 15.3. The lowest BCUT2D eigenvalue weighted by atomic mass is 10.1. The topological polar surface area (TPSA) is 147 Å². The van der Waals surface area contributed by atoms with E-state index in [1.54, 1.807) is 0 Å². The second kappa shape index (κ2) is 9.10. The van der Waals surface area contributed by atoms with Gasteiger partial charge in [-0.3, -0.25) is 13.8 Å². The molecule has 0 aromatic rings. The number of hydrogen-bond acceptors (Lipinski definition) is 5. The first-order valence-corrected chi connectivity index (χ1v) is 9.61. The van der Waals surface area contributed by atoms with Crippen molar-refractivity contribution in [2.45, 2.75) is 45.6 Å². The molecule has 3 atom stereocenters. The van der Waals surface area contributed by atoms with E-state index in [-0.39, 0.29) is 28.7 Å². The first-order valence-electron chi connectivity index (χ1n) is 8.12. The number of carbonyl (C=O) groups excluding carboxylic acids is 1. The molecule has 1 aliphatic carbocycles. The molecule has 9 heteroatoms. The highest BCUT2D eigenvalue weighted by Gasteiger charge is 2.50. The van der Waals surface area contributed by atoms with Crippen molar-refractivity contribution in [3.8, 4) is 0 Å². The summed E-state index contributed by atoms with van der Waals surface area (Å²) in [6, 6.07) is -1.14. The van der Waals surface area contributed by atoms with Crippen molar-refractivity contribution in [3.63, 3.8) is 0 Å². The van der Waals surface area contributed by atoms with Crippen molar-refractivity contribution in [2.75, 3.05) is 11.5 Å². The van der Waals surface area contributed by atoms with E-state index >= 15 is 0 Å². The summed E-state index contributed by atoms with van der Waals surface area (Å²) in [5, 5.41) is 20.2. The summed E-state index contributed by atoms with van der Waals surface area (Å²) in [6.07, 6.45) is 3.73. The fourth-order valence-electron chi connectivity index (χ4n) is 2.34. The molecule has 0 saturated heterocycles. The summed E-state index contributed by atoms with van der Waals surface area (Å²) < 4.78 is 11.7. The maximum Gasteiger partial charge on any atom is 0.352 e. The molecular weight excluding hydrogens is 348 g/mol. The molecule has 8 nitrogen and oxygen atoms in total. The molecule has 1 rings (SSSR count). The van der Waals surface area contributed by atoms with Crippen LogP contribution in [-0.4, -0.2) is 49.8 Å². The SMILES string of the molecule is CC1(C)CC1C(=O)N/C(=C\CCCCS(=O)C[C@H](N)C(=O)O)C(=O)O. The molecule has 1 saturated carbocycles. The quantitative estimate of drug-likeness (QED) is 0.303. The van der Waals surface area contributed by atoms with Crippen LogP contribution in [0.2, 0.25) is 0 Å². The number of unbranched alkanes of at least 4 members (excludes halogenated alkanes) is 2. The van der Waals surface area contributed by atoms with E-state index in [1.165, 1.54) is 6.08 Å². The molecule has 25 heavy (non-hydrogen) atoms. The number of carboxylic acids is 2. The van der Waals surface area contributed by atoms with Gasteiger partial charge in [-0.05, 0) is 31.1 Å². The molecular formula is C16H26N2O6S. The third-order valence-electron chi connectivity index (χ3n) is 4.18. The maximum atomic E-state index is 12.0. The zero-order chi connectivity index (χ0) is 19.2. The van der Waals surface area contributed by atoms with Gasteiger partial charge in [0.1, 0.15) is 11.7 Å². The van der Waals surface area contributed by atoms with Crippen LogP contribution in [0.25, 0.3) is 0 Å². The first kappa shape index (κ1) is 21.3. The summed E-state index contributed by atoms with van der Waals surface area (Å²) >= 11 is 0. The monoisotopic (exact) mass is 374 g/mol. The van der Waals surface area contributed by atoms with Crippen LogP contribution in [0.4, 0.5) is 0 Å². The second-order valence-electron chi connectivity index (χ2n) is 6.91. The van der Waals surface area contributed by atoms with E-state index in [2.05, 4.69) is 5.32 Å². The van der Waals surface area contributed by atoms with Gasteiger partial charge >= 0.3 is 11.9 Å². The minimum absolute atomic E-state index is 0.0748. The van der Waals surface area contributed by atoms with Crippen molar-refractivity contribution >= 4 is 28.6 Å². The predicted molar refractivity (Wildman–Crippen MR) is 93.1 cm³/mol. The van der Waals surface area contributed by atoms with Gasteiger partial charge in [-0.15, -0.1) is 0 Å². The van der Waals surface area contributed by atoms with Crippen molar-refractivity contribution in [3.05, 3.63) is 11.8 Å². The molecule has 0 spiro atoms. The normalized spacial score (nSPS) is 21.2. The lowest BCUT2D eigenvalue weighted by Crippen LogP contribution is -2.36. The molecule has 0 aliphatic heterocycles. The van der Waals surface area contributed by atoms with Crippen molar-refractivity contribution in [2.24, 2.45) is 17.1 Å². The zero-order valence-electron chi connectivity index (χ0n) is 14.5. The van der Waals surface area contributed by atoms with Crippen LogP contribution < -0.4 is 11.1 Å². The van der Waals surface area contributed by atoms with E-state index in [1.807, 2.05) is 13.8 Å². The standard InChI is InChI=1S/C16H26N2O6S/c1-16(2)8-10(16)13(19)18-12(15(22)23)6-4-3-5-7-25(24)9-11(17)14(20)21/h6,10-11H,3-5,7-9,17H2,1-2H3,(H,18,19)(H,20,21)(H,22,23)/b12-6-/t10?,11-,25?/m0/s1. The predicted octanol–water partition coefficient (Wildman–Crippen LogP) is 0.448. The van der Waals surface area contributed by atoms with Crippen LogP contribution in [0.1, 0.15) is 39.5 Å². The van der Waals surface area contributed by atoms with Gasteiger partial charge in [-0.25, -0.2) is 4.79 Å². The van der Waals surface area contributed by atoms with Crippen LogP contribution in [-0.2, 0) is 25.2 Å². The number of aliphatic carboxylic acids is 2. The average molecular weight is 374 g/mol. The highest BCUT2D eigenvalue weighted by Crippen LogP contribution is 2.51. The highest BCUT2D eigenvalue weighted by molar-refractivity contribution is 7.85. The minimum Gasteiger partial charge on any atom is -0.480 e. The number of carboxylic acid groups (broad SMARTS) is 2. The largest absolute Gasteiger partial charge is 0.480 e. The average Bonchev–Trinajstić information content (AvgIpc) is 3.14. The Morgan fingerprint density at radius 1 is 1.32 bits per heavy atom. The van der Waals surface area contributed by atoms with Gasteiger partial charge in [-0.2, -0.15) is 0 Å². The van der Waals surface area contributed by atoms with Crippen LogP contribution in [0.15, 0.2) is 11.8 Å². The Balaban J connectivity index is 2.34. The Kier molecular flexibility index (Phi) is 7.75. The van der Waals surface area contributed by atoms with E-state index in [0.717, 1.165) is 6.42 Å². The van der Waals surface area contributed by atoms with Crippen LogP contribution >= 0.6 is 0 Å². The molecule has 2 unspecified atom stereocenters. The van der Waals surface area contributed by atoms with Crippen LogP contribution in [0.3, 0.4) is 0 Å². The summed E-state index contributed by atoms with van der Waals surface area (Å²) in [7, 11) is -1.32. The molecule has 142 valence electrons. The van der Waals surface area contributed by atoms with E-state index in [4.69, 9.17) is 15.9 Å². The van der Waals surface area contributed by atoms with E-state index in [9.17, 15) is 18.6 Å². The summed E-state index contributed by atoms with van der Waals surface area (Å²) in [4.78, 5) is 33.7. The smallest absolute Gasteiger partial charge is 0.352 e. The lowest BCUT2D eigenvalue weighted by molar-refractivity contribution is -0.138. The first-order chi connectivity index (χ1) is 11.5. The Hall–Kier alpha value is -1.74. The molecule has 1 aliphatic rings. The fraction of sp³-hybridized carbons (Fsp3) is 0.688. The number of nitrogens with one attached hydrogen (secondary N) is 1. The Morgan fingerprint density at radius 2 is 1.92 bits per heavy atom. The molecule has 0 bridgehead atoms. The molecule has 1 amide bonds. The number of hydrogen-bond donors (Lipinski definition) is 4. The van der Waals surface area contributed by atoms with Crippen LogP contribution in [0.5, 0.6) is 0 Å². The van der Waals surface area contributed by atoms with Gasteiger partial charge in [0, 0.05) is 28.2 Å².